The topological polar surface area (TPSA) is 49.7 Å². The number of benzene rings is 2. The molecule has 0 saturated heterocycles. The first kappa shape index (κ1) is 25.9. The quantitative estimate of drug-likeness (QED) is 0.401. The van der Waals surface area contributed by atoms with Crippen LogP contribution in [0.1, 0.15) is 94.1 Å². The lowest BCUT2D eigenvalue weighted by molar-refractivity contribution is 0.0727. The van der Waals surface area contributed by atoms with Crippen molar-refractivity contribution >= 4 is 0 Å². The summed E-state index contributed by atoms with van der Waals surface area (Å²) in [6.07, 6.45) is 7.83. The molecule has 2 aromatic carbocycles. The van der Waals surface area contributed by atoms with Gasteiger partial charge in [-0.3, -0.25) is 0 Å². The average Bonchev–Trinajstić information content (AvgIpc) is 2.86. The van der Waals surface area contributed by atoms with Crippen molar-refractivity contribution in [2.75, 3.05) is 6.61 Å². The normalized spacial score (nSPS) is 25.9. The fourth-order valence-corrected chi connectivity index (χ4v) is 6.01. The van der Waals surface area contributed by atoms with Gasteiger partial charge >= 0.3 is 0 Å². The zero-order valence-corrected chi connectivity index (χ0v) is 20.5. The summed E-state index contributed by atoms with van der Waals surface area (Å²) in [6.45, 7) is 2.42. The third-order valence-electron chi connectivity index (χ3n) is 8.16. The highest BCUT2D eigenvalue weighted by Crippen LogP contribution is 2.42. The number of aliphatic hydroxyl groups excluding tert-OH is 1. The number of rotatable bonds is 8. The number of ether oxygens (including phenoxy) is 1. The predicted molar refractivity (Wildman–Crippen MR) is 130 cm³/mol. The van der Waals surface area contributed by atoms with E-state index in [2.05, 4.69) is 6.92 Å². The molecule has 6 heteroatoms. The molecular weight excluding hydrogens is 453 g/mol. The van der Waals surface area contributed by atoms with Crippen LogP contribution in [0.3, 0.4) is 0 Å². The van der Waals surface area contributed by atoms with Crippen LogP contribution in [-0.2, 0) is 0 Å². The maximum absolute atomic E-state index is 15.1. The zero-order chi connectivity index (χ0) is 24.9. The molecular formula is C29H37F3O3. The van der Waals surface area contributed by atoms with Crippen molar-refractivity contribution in [3.8, 4) is 11.5 Å². The molecule has 2 aliphatic rings. The summed E-state index contributed by atoms with van der Waals surface area (Å²) >= 11 is 0. The lowest BCUT2D eigenvalue weighted by Gasteiger charge is -2.32. The van der Waals surface area contributed by atoms with Crippen molar-refractivity contribution in [2.45, 2.75) is 89.1 Å². The summed E-state index contributed by atoms with van der Waals surface area (Å²) in [5.41, 5.74) is 0.940. The van der Waals surface area contributed by atoms with Gasteiger partial charge in [0.1, 0.15) is 5.75 Å². The highest BCUT2D eigenvalue weighted by molar-refractivity contribution is 5.33. The highest BCUT2D eigenvalue weighted by Gasteiger charge is 2.31. The molecule has 1 unspecified atom stereocenters. The van der Waals surface area contributed by atoms with Crippen molar-refractivity contribution < 1.29 is 28.1 Å². The van der Waals surface area contributed by atoms with Gasteiger partial charge in [-0.05, 0) is 105 Å². The van der Waals surface area contributed by atoms with Crippen molar-refractivity contribution in [1.29, 1.82) is 0 Å². The number of hydrogen-bond donors (Lipinski definition) is 2. The van der Waals surface area contributed by atoms with Crippen molar-refractivity contribution in [2.24, 2.45) is 11.8 Å². The fraction of sp³-hybridized carbons (Fsp3) is 0.586. The number of aromatic hydroxyl groups is 1. The van der Waals surface area contributed by atoms with Gasteiger partial charge < -0.3 is 14.9 Å². The van der Waals surface area contributed by atoms with Crippen LogP contribution >= 0.6 is 0 Å². The summed E-state index contributed by atoms with van der Waals surface area (Å²) in [5.74, 6) is -1.56. The van der Waals surface area contributed by atoms with Crippen LogP contribution in [0.2, 0.25) is 0 Å². The molecule has 0 heterocycles. The SMILES string of the molecule is CCCC(O)C1CCC(c2ccc(C3CCC(COc4ccc(O)cc4F)CC3)c(F)c2F)CC1. The van der Waals surface area contributed by atoms with E-state index in [4.69, 9.17) is 4.74 Å². The Labute approximate surface area is 206 Å². The van der Waals surface area contributed by atoms with Gasteiger partial charge in [0.05, 0.1) is 12.7 Å². The first-order chi connectivity index (χ1) is 16.9. The van der Waals surface area contributed by atoms with E-state index in [0.29, 0.717) is 17.7 Å². The monoisotopic (exact) mass is 490 g/mol. The van der Waals surface area contributed by atoms with Crippen LogP contribution in [0.5, 0.6) is 11.5 Å². The molecule has 0 bridgehead atoms. The van der Waals surface area contributed by atoms with E-state index < -0.39 is 17.5 Å². The van der Waals surface area contributed by atoms with Crippen LogP contribution in [-0.4, -0.2) is 22.9 Å². The van der Waals surface area contributed by atoms with Gasteiger partial charge in [-0.2, -0.15) is 0 Å². The maximum Gasteiger partial charge on any atom is 0.168 e. The van der Waals surface area contributed by atoms with Crippen molar-refractivity contribution in [3.63, 3.8) is 0 Å². The van der Waals surface area contributed by atoms with Gasteiger partial charge in [-0.15, -0.1) is 0 Å². The fourth-order valence-electron chi connectivity index (χ4n) is 6.01. The minimum Gasteiger partial charge on any atom is -0.508 e. The molecule has 4 rings (SSSR count). The summed E-state index contributed by atoms with van der Waals surface area (Å²) in [5, 5.41) is 19.6. The second-order valence-corrected chi connectivity index (χ2v) is 10.5. The van der Waals surface area contributed by atoms with Gasteiger partial charge in [0.15, 0.2) is 23.2 Å². The summed E-state index contributed by atoms with van der Waals surface area (Å²) in [6, 6.07) is 7.38. The third-order valence-corrected chi connectivity index (χ3v) is 8.16. The van der Waals surface area contributed by atoms with Crippen LogP contribution in [0.15, 0.2) is 30.3 Å². The Morgan fingerprint density at radius 3 is 1.97 bits per heavy atom. The number of aliphatic hydroxyl groups is 1. The van der Waals surface area contributed by atoms with E-state index in [0.717, 1.165) is 70.3 Å². The second kappa shape index (κ2) is 11.7. The van der Waals surface area contributed by atoms with E-state index in [1.807, 2.05) is 0 Å². The molecule has 2 aromatic rings. The van der Waals surface area contributed by atoms with Crippen LogP contribution in [0.25, 0.3) is 0 Å². The molecule has 0 spiro atoms. The van der Waals surface area contributed by atoms with Crippen LogP contribution in [0.4, 0.5) is 13.2 Å². The molecule has 0 aromatic heterocycles. The first-order valence-corrected chi connectivity index (χ1v) is 13.1. The molecule has 35 heavy (non-hydrogen) atoms. The predicted octanol–water partition coefficient (Wildman–Crippen LogP) is 7.60. The second-order valence-electron chi connectivity index (χ2n) is 10.5. The Bertz CT molecular complexity index is 979. The number of hydrogen-bond acceptors (Lipinski definition) is 3. The van der Waals surface area contributed by atoms with E-state index in [9.17, 15) is 14.6 Å². The molecule has 0 radical (unpaired) electrons. The van der Waals surface area contributed by atoms with E-state index in [-0.39, 0.29) is 41.3 Å². The average molecular weight is 491 g/mol. The van der Waals surface area contributed by atoms with Gasteiger partial charge in [0.25, 0.3) is 0 Å². The minimum atomic E-state index is -0.707. The standard InChI is InChI=1S/C29H37F3O3/c1-2-3-26(34)21-10-8-20(9-11-21)24-14-13-23(28(31)29(24)32)19-6-4-18(5-7-19)17-35-27-15-12-22(33)16-25(27)30/h12-16,18-21,26,33-34H,2-11,17H2,1H3. The Balaban J connectivity index is 1.31. The number of phenols is 1. The van der Waals surface area contributed by atoms with E-state index in [1.54, 1.807) is 12.1 Å². The van der Waals surface area contributed by atoms with E-state index in [1.165, 1.54) is 12.1 Å². The molecule has 2 saturated carbocycles. The molecule has 192 valence electrons. The molecule has 2 fully saturated rings. The van der Waals surface area contributed by atoms with Crippen LogP contribution < -0.4 is 4.74 Å². The molecule has 0 aliphatic heterocycles. The maximum atomic E-state index is 15.1. The molecule has 1 atom stereocenters. The molecule has 3 nitrogen and oxygen atoms in total. The first-order valence-electron chi connectivity index (χ1n) is 13.1. The lowest BCUT2D eigenvalue weighted by Crippen LogP contribution is -2.25. The summed E-state index contributed by atoms with van der Waals surface area (Å²) < 4.78 is 49.7. The highest BCUT2D eigenvalue weighted by atomic mass is 19.2. The molecule has 2 aliphatic carbocycles. The Kier molecular flexibility index (Phi) is 8.64. The Hall–Kier alpha value is -2.21. The Morgan fingerprint density at radius 2 is 1.43 bits per heavy atom. The van der Waals surface area contributed by atoms with Crippen molar-refractivity contribution in [1.82, 2.24) is 0 Å². The number of phenolic OH excluding ortho intramolecular Hbond substituents is 1. The van der Waals surface area contributed by atoms with Gasteiger partial charge in [-0.1, -0.05) is 25.5 Å². The zero-order valence-electron chi connectivity index (χ0n) is 20.5. The Morgan fingerprint density at radius 1 is 0.857 bits per heavy atom. The van der Waals surface area contributed by atoms with Gasteiger partial charge in [-0.25, -0.2) is 13.2 Å². The molecule has 2 N–H and O–H groups in total. The summed E-state index contributed by atoms with van der Waals surface area (Å²) in [7, 11) is 0. The largest absolute Gasteiger partial charge is 0.508 e. The molecule has 0 amide bonds. The van der Waals surface area contributed by atoms with Gasteiger partial charge in [0.2, 0.25) is 0 Å². The smallest absolute Gasteiger partial charge is 0.168 e. The lowest BCUT2D eigenvalue weighted by atomic mass is 9.75. The third kappa shape index (κ3) is 6.14. The summed E-state index contributed by atoms with van der Waals surface area (Å²) in [4.78, 5) is 0. The van der Waals surface area contributed by atoms with Crippen molar-refractivity contribution in [3.05, 3.63) is 58.9 Å². The number of halogens is 3. The minimum absolute atomic E-state index is 0.0109. The van der Waals surface area contributed by atoms with E-state index >= 15 is 8.78 Å². The van der Waals surface area contributed by atoms with Crippen LogP contribution in [0, 0.1) is 29.3 Å². The van der Waals surface area contributed by atoms with Gasteiger partial charge in [0, 0.05) is 6.07 Å².